The summed E-state index contributed by atoms with van der Waals surface area (Å²) < 4.78 is 1.85. The number of benzene rings is 2. The topological polar surface area (TPSA) is 58.4 Å². The summed E-state index contributed by atoms with van der Waals surface area (Å²) in [6, 6.07) is 17.9. The number of hydrogen-bond donors (Lipinski definition) is 0. The van der Waals surface area contributed by atoms with Crippen LogP contribution in [0.2, 0.25) is 5.02 Å². The van der Waals surface area contributed by atoms with Crippen molar-refractivity contribution in [3.05, 3.63) is 87.1 Å². The second-order valence-electron chi connectivity index (χ2n) is 10.6. The van der Waals surface area contributed by atoms with Crippen LogP contribution >= 0.6 is 34.7 Å². The largest absolute Gasteiger partial charge is 0.341 e. The lowest BCUT2D eigenvalue weighted by Gasteiger charge is -2.32. The minimum absolute atomic E-state index is 0.00521. The number of fused-ring (bicyclic) bond motifs is 1. The number of hydrogen-bond acceptors (Lipinski definition) is 5. The maximum atomic E-state index is 13.9. The number of likely N-dealkylation sites (tertiary alicyclic amines) is 1. The predicted molar refractivity (Wildman–Crippen MR) is 165 cm³/mol. The average molecular weight is 591 g/mol. The summed E-state index contributed by atoms with van der Waals surface area (Å²) in [5, 5.41) is 9.88. The number of anilines is 1. The molecule has 9 heteroatoms. The maximum absolute atomic E-state index is 13.9. The third kappa shape index (κ3) is 5.32. The number of halogens is 1. The first kappa shape index (κ1) is 27.1. The quantitative estimate of drug-likeness (QED) is 0.251. The lowest BCUT2D eigenvalue weighted by molar-refractivity contribution is -0.132. The van der Waals surface area contributed by atoms with Gasteiger partial charge in [-0.2, -0.15) is 16.4 Å². The number of rotatable bonds is 5. The minimum Gasteiger partial charge on any atom is -0.341 e. The molecule has 2 amide bonds. The second kappa shape index (κ2) is 11.4. The molecule has 0 saturated carbocycles. The van der Waals surface area contributed by atoms with Crippen molar-refractivity contribution in [3.8, 4) is 16.9 Å². The first-order valence-corrected chi connectivity index (χ1v) is 15.9. The zero-order valence-corrected chi connectivity index (χ0v) is 24.9. The van der Waals surface area contributed by atoms with E-state index in [2.05, 4.69) is 23.8 Å². The Kier molecular flexibility index (Phi) is 7.75. The van der Waals surface area contributed by atoms with Gasteiger partial charge in [0.1, 0.15) is 12.4 Å². The molecule has 0 unspecified atom stereocenters. The number of piperidine rings is 1. The van der Waals surface area contributed by atoms with Crippen LogP contribution in [-0.4, -0.2) is 51.9 Å². The van der Waals surface area contributed by atoms with Crippen LogP contribution in [-0.2, 0) is 9.59 Å². The minimum atomic E-state index is -0.119. The summed E-state index contributed by atoms with van der Waals surface area (Å²) >= 11 is 9.48. The second-order valence-corrected chi connectivity index (χ2v) is 12.9. The molecule has 2 aliphatic rings. The molecule has 6 nitrogen and oxygen atoms in total. The molecule has 0 aliphatic carbocycles. The summed E-state index contributed by atoms with van der Waals surface area (Å²) in [6.45, 7) is 5.73. The van der Waals surface area contributed by atoms with Crippen molar-refractivity contribution in [1.29, 1.82) is 0 Å². The molecule has 0 spiro atoms. The molecule has 4 aromatic rings. The predicted octanol–water partition coefficient (Wildman–Crippen LogP) is 6.99. The number of thiophene rings is 1. The van der Waals surface area contributed by atoms with Crippen LogP contribution < -0.4 is 4.90 Å². The van der Waals surface area contributed by atoms with E-state index in [1.807, 2.05) is 65.0 Å². The fourth-order valence-electron chi connectivity index (χ4n) is 5.39. The van der Waals surface area contributed by atoms with Crippen molar-refractivity contribution in [3.63, 3.8) is 0 Å². The molecule has 2 aliphatic heterocycles. The Balaban J connectivity index is 1.54. The highest BCUT2D eigenvalue weighted by Crippen LogP contribution is 2.49. The summed E-state index contributed by atoms with van der Waals surface area (Å²) in [4.78, 5) is 31.1. The highest BCUT2D eigenvalue weighted by atomic mass is 35.5. The third-order valence-corrected chi connectivity index (χ3v) is 9.97. The molecule has 40 heavy (non-hydrogen) atoms. The Morgan fingerprint density at radius 2 is 1.77 bits per heavy atom. The van der Waals surface area contributed by atoms with E-state index in [1.165, 1.54) is 0 Å². The lowest BCUT2D eigenvalue weighted by Crippen LogP contribution is -2.46. The summed E-state index contributed by atoms with van der Waals surface area (Å²) in [5.74, 6) is 1.45. The monoisotopic (exact) mass is 590 g/mol. The molecular weight excluding hydrogens is 560 g/mol. The Morgan fingerprint density at radius 3 is 2.45 bits per heavy atom. The van der Waals surface area contributed by atoms with E-state index in [-0.39, 0.29) is 29.4 Å². The first-order chi connectivity index (χ1) is 19.4. The lowest BCUT2D eigenvalue weighted by atomic mass is 9.99. The van der Waals surface area contributed by atoms with Gasteiger partial charge in [-0.1, -0.05) is 48.4 Å². The average Bonchev–Trinajstić information content (AvgIpc) is 3.60. The Bertz CT molecular complexity index is 1510. The van der Waals surface area contributed by atoms with Gasteiger partial charge in [0.25, 0.3) is 0 Å². The van der Waals surface area contributed by atoms with Gasteiger partial charge in [0, 0.05) is 29.2 Å². The highest BCUT2D eigenvalue weighted by Gasteiger charge is 2.38. The molecule has 6 rings (SSSR count). The smallest absolute Gasteiger partial charge is 0.242 e. The number of nitrogens with zero attached hydrogens (tertiary/aromatic N) is 4. The van der Waals surface area contributed by atoms with Crippen LogP contribution in [0.4, 0.5) is 5.82 Å². The van der Waals surface area contributed by atoms with E-state index in [9.17, 15) is 9.59 Å². The van der Waals surface area contributed by atoms with Gasteiger partial charge in [-0.3, -0.25) is 14.5 Å². The van der Waals surface area contributed by atoms with Gasteiger partial charge in [0.15, 0.2) is 0 Å². The molecular formula is C31H31ClN4O2S2. The van der Waals surface area contributed by atoms with Crippen LogP contribution in [0.3, 0.4) is 0 Å². The van der Waals surface area contributed by atoms with Gasteiger partial charge >= 0.3 is 0 Å². The number of thioether (sulfide) groups is 1. The number of aryl methyl sites for hydroxylation is 1. The van der Waals surface area contributed by atoms with Gasteiger partial charge in [-0.25, -0.2) is 4.68 Å². The Hall–Kier alpha value is -3.07. The molecule has 0 N–H and O–H groups in total. The van der Waals surface area contributed by atoms with Crippen LogP contribution in [0.15, 0.2) is 65.4 Å². The van der Waals surface area contributed by atoms with Gasteiger partial charge in [-0.15, -0.1) is 11.8 Å². The van der Waals surface area contributed by atoms with Gasteiger partial charge in [0.05, 0.1) is 22.4 Å². The van der Waals surface area contributed by atoms with Crippen molar-refractivity contribution >= 4 is 52.3 Å². The van der Waals surface area contributed by atoms with E-state index in [1.54, 1.807) is 28.0 Å². The van der Waals surface area contributed by atoms with Gasteiger partial charge in [-0.05, 0) is 72.3 Å². The summed E-state index contributed by atoms with van der Waals surface area (Å²) in [5.41, 5.74) is 5.75. The van der Waals surface area contributed by atoms with E-state index in [0.29, 0.717) is 16.8 Å². The van der Waals surface area contributed by atoms with Crippen LogP contribution in [0, 0.1) is 12.8 Å². The zero-order chi connectivity index (χ0) is 27.8. The number of carbonyl (C=O) groups is 2. The molecule has 0 radical (unpaired) electrons. The Labute approximate surface area is 247 Å². The fraction of sp³-hybridized carbons (Fsp3) is 0.323. The molecule has 1 fully saturated rings. The number of aromatic nitrogens is 2. The number of carbonyl (C=O) groups excluding carboxylic acids is 2. The Morgan fingerprint density at radius 1 is 1.05 bits per heavy atom. The molecule has 206 valence electrons. The SMILES string of the molecule is Cc1ccc(-n2nc(-c3ccc(Cl)cc3)c3c2N(CC(=O)N2CCC(C)CC2)C(=O)CS[C@H]3c2ccsc2)cc1. The molecule has 2 aromatic carbocycles. The third-order valence-electron chi connectivity index (χ3n) is 7.76. The van der Waals surface area contributed by atoms with Crippen molar-refractivity contribution in [2.75, 3.05) is 30.3 Å². The van der Waals surface area contributed by atoms with Crippen LogP contribution in [0.5, 0.6) is 0 Å². The van der Waals surface area contributed by atoms with Crippen molar-refractivity contribution in [2.24, 2.45) is 5.92 Å². The highest BCUT2D eigenvalue weighted by molar-refractivity contribution is 8.00. The summed E-state index contributed by atoms with van der Waals surface area (Å²) in [6.07, 6.45) is 1.98. The van der Waals surface area contributed by atoms with E-state index in [0.717, 1.165) is 59.6 Å². The van der Waals surface area contributed by atoms with Gasteiger partial charge in [0.2, 0.25) is 11.8 Å². The van der Waals surface area contributed by atoms with Crippen molar-refractivity contribution in [1.82, 2.24) is 14.7 Å². The van der Waals surface area contributed by atoms with Gasteiger partial charge < -0.3 is 4.90 Å². The normalized spacial score (nSPS) is 18.1. The standard InChI is InChI=1S/C31H31ClN4O2S2/c1-20-3-9-25(10-4-20)36-31-28(29(33-36)22-5-7-24(32)8-6-22)30(23-13-16-39-18-23)40-19-27(38)35(31)17-26(37)34-14-11-21(2)12-15-34/h3-10,13,16,18,21,30H,11-12,14-15,17,19H2,1-2H3/t30-/m0/s1. The number of amides is 2. The van der Waals surface area contributed by atoms with Crippen molar-refractivity contribution in [2.45, 2.75) is 31.9 Å². The molecule has 1 atom stereocenters. The maximum Gasteiger partial charge on any atom is 0.242 e. The fourth-order valence-corrected chi connectivity index (χ4v) is 7.47. The van der Waals surface area contributed by atoms with Crippen molar-refractivity contribution < 1.29 is 9.59 Å². The molecule has 1 saturated heterocycles. The zero-order valence-electron chi connectivity index (χ0n) is 22.5. The summed E-state index contributed by atoms with van der Waals surface area (Å²) in [7, 11) is 0. The molecule has 4 heterocycles. The van der Waals surface area contributed by atoms with E-state index >= 15 is 0 Å². The first-order valence-electron chi connectivity index (χ1n) is 13.6. The molecule has 0 bridgehead atoms. The van der Waals surface area contributed by atoms with E-state index in [4.69, 9.17) is 16.7 Å². The van der Waals surface area contributed by atoms with Crippen LogP contribution in [0.1, 0.15) is 41.7 Å². The van der Waals surface area contributed by atoms with Crippen LogP contribution in [0.25, 0.3) is 16.9 Å². The van der Waals surface area contributed by atoms with E-state index < -0.39 is 0 Å². The molecule has 2 aromatic heterocycles.